The molecule has 1 aromatic rings. The third-order valence-electron chi connectivity index (χ3n) is 2.26. The Balaban J connectivity index is 2.79. The van der Waals surface area contributed by atoms with Crippen LogP contribution in [-0.4, -0.2) is 19.2 Å². The highest BCUT2D eigenvalue weighted by atomic mass is 32.2. The van der Waals surface area contributed by atoms with Crippen molar-refractivity contribution in [2.75, 3.05) is 0 Å². The molecule has 4 nitrogen and oxygen atoms in total. The van der Waals surface area contributed by atoms with Gasteiger partial charge in [-0.2, -0.15) is 18.3 Å². The Kier molecular flexibility index (Phi) is 4.67. The molecule has 0 fully saturated rings. The molecule has 1 rings (SSSR count). The van der Waals surface area contributed by atoms with E-state index >= 15 is 0 Å². The quantitative estimate of drug-likeness (QED) is 0.932. The predicted molar refractivity (Wildman–Crippen MR) is 66.5 cm³/mol. The molecule has 1 aromatic heterocycles. The Morgan fingerprint density at radius 1 is 1.21 bits per heavy atom. The molecule has 0 aliphatic heterocycles. The molecule has 0 bridgehead atoms. The second kappa shape index (κ2) is 5.54. The van der Waals surface area contributed by atoms with E-state index in [0.29, 0.717) is 5.69 Å². The summed E-state index contributed by atoms with van der Waals surface area (Å²) in [5, 5.41) is 6.64. The molecule has 0 aliphatic carbocycles. The van der Waals surface area contributed by atoms with Gasteiger partial charge in [0.05, 0.1) is 27.5 Å². The van der Waals surface area contributed by atoms with Crippen molar-refractivity contribution in [3.8, 4) is 0 Å². The smallest absolute Gasteiger partial charge is 0.242 e. The molecule has 1 N–H and O–H groups in total. The van der Waals surface area contributed by atoms with Crippen LogP contribution in [0.1, 0.15) is 45.1 Å². The van der Waals surface area contributed by atoms with Crippen LogP contribution >= 0.6 is 0 Å². The van der Waals surface area contributed by atoms with Gasteiger partial charge in [-0.3, -0.25) is 0 Å². The van der Waals surface area contributed by atoms with Crippen molar-refractivity contribution in [1.29, 1.82) is 0 Å². The first-order valence-electron chi connectivity index (χ1n) is 5.60. The fraction of sp³-hybridized carbons (Fsp3) is 0.636. The summed E-state index contributed by atoms with van der Waals surface area (Å²) in [6.07, 6.45) is -4.50. The Morgan fingerprint density at radius 3 is 2.16 bits per heavy atom. The van der Waals surface area contributed by atoms with Gasteiger partial charge in [0.1, 0.15) is 0 Å². The molecule has 0 aliphatic rings. The van der Waals surface area contributed by atoms with Gasteiger partial charge < -0.3 is 0 Å². The van der Waals surface area contributed by atoms with Crippen LogP contribution in [0.15, 0.2) is 12.1 Å². The zero-order valence-electron chi connectivity index (χ0n) is 11.1. The van der Waals surface area contributed by atoms with Gasteiger partial charge in [0.25, 0.3) is 0 Å². The number of alkyl halides is 3. The molecule has 0 amide bonds. The normalized spacial score (nSPS) is 16.2. The Bertz CT molecular complexity index is 454. The Hall–Kier alpha value is -1.02. The summed E-state index contributed by atoms with van der Waals surface area (Å²) in [4.78, 5) is 0. The standard InChI is InChI=1S/C11H16F3N3OS/c1-7(17-19(18)10(2,3)4)8-5-6-9(16-15-8)11(12,13)14/h5-7,17H,1-4H3/t7-,19+/m1/s1. The summed E-state index contributed by atoms with van der Waals surface area (Å²) >= 11 is 0. The van der Waals surface area contributed by atoms with Crippen LogP contribution in [0.3, 0.4) is 0 Å². The van der Waals surface area contributed by atoms with Gasteiger partial charge in [-0.1, -0.05) is 0 Å². The highest BCUT2D eigenvalue weighted by Crippen LogP contribution is 2.27. The number of hydrogen-bond donors (Lipinski definition) is 1. The monoisotopic (exact) mass is 295 g/mol. The lowest BCUT2D eigenvalue weighted by molar-refractivity contribution is -0.141. The van der Waals surface area contributed by atoms with Crippen LogP contribution in [-0.2, 0) is 17.2 Å². The average molecular weight is 295 g/mol. The van der Waals surface area contributed by atoms with Crippen molar-refractivity contribution in [3.63, 3.8) is 0 Å². The molecule has 0 saturated carbocycles. The van der Waals surface area contributed by atoms with Crippen LogP contribution in [0, 0.1) is 0 Å². The maximum Gasteiger partial charge on any atom is 0.435 e. The lowest BCUT2D eigenvalue weighted by Gasteiger charge is -2.21. The van der Waals surface area contributed by atoms with Gasteiger partial charge in [0.15, 0.2) is 5.69 Å². The lowest BCUT2D eigenvalue weighted by atomic mass is 10.2. The fourth-order valence-electron chi connectivity index (χ4n) is 1.12. The van der Waals surface area contributed by atoms with Crippen LogP contribution in [0.4, 0.5) is 13.2 Å². The number of nitrogens with one attached hydrogen (secondary N) is 1. The summed E-state index contributed by atoms with van der Waals surface area (Å²) < 4.78 is 51.1. The molecule has 0 spiro atoms. The molecule has 2 atom stereocenters. The van der Waals surface area contributed by atoms with E-state index in [1.807, 2.05) is 0 Å². The number of aromatic nitrogens is 2. The zero-order valence-corrected chi connectivity index (χ0v) is 11.9. The van der Waals surface area contributed by atoms with Crippen LogP contribution in [0.5, 0.6) is 0 Å². The van der Waals surface area contributed by atoms with Crippen molar-refractivity contribution in [2.24, 2.45) is 0 Å². The molecule has 108 valence electrons. The summed E-state index contributed by atoms with van der Waals surface area (Å²) in [7, 11) is -1.33. The maximum atomic E-state index is 12.3. The Labute approximate surface area is 112 Å². The van der Waals surface area contributed by atoms with Gasteiger partial charge >= 0.3 is 6.18 Å². The van der Waals surface area contributed by atoms with Crippen molar-refractivity contribution < 1.29 is 17.4 Å². The second-order valence-corrected chi connectivity index (χ2v) is 7.06. The fourth-order valence-corrected chi connectivity index (χ4v) is 1.92. The maximum absolute atomic E-state index is 12.3. The van der Waals surface area contributed by atoms with E-state index in [1.54, 1.807) is 27.7 Å². The minimum atomic E-state index is -4.50. The van der Waals surface area contributed by atoms with Crippen LogP contribution < -0.4 is 4.72 Å². The van der Waals surface area contributed by atoms with Gasteiger partial charge in [0.2, 0.25) is 0 Å². The highest BCUT2D eigenvalue weighted by molar-refractivity contribution is 7.84. The van der Waals surface area contributed by atoms with Gasteiger partial charge in [-0.25, -0.2) is 8.93 Å². The van der Waals surface area contributed by atoms with Gasteiger partial charge in [0, 0.05) is 0 Å². The van der Waals surface area contributed by atoms with E-state index in [2.05, 4.69) is 14.9 Å². The van der Waals surface area contributed by atoms with Crippen molar-refractivity contribution in [3.05, 3.63) is 23.5 Å². The number of hydrogen-bond acceptors (Lipinski definition) is 3. The molecule has 1 heterocycles. The molecular weight excluding hydrogens is 279 g/mol. The molecule has 0 saturated heterocycles. The number of rotatable bonds is 3. The van der Waals surface area contributed by atoms with E-state index in [9.17, 15) is 17.4 Å². The molecule has 0 radical (unpaired) electrons. The zero-order chi connectivity index (χ0) is 14.8. The molecule has 0 unspecified atom stereocenters. The first kappa shape index (κ1) is 16.0. The lowest BCUT2D eigenvalue weighted by Crippen LogP contribution is -2.35. The number of nitrogens with zero attached hydrogens (tertiary/aromatic N) is 2. The first-order chi connectivity index (χ1) is 8.51. The van der Waals surface area contributed by atoms with Crippen LogP contribution in [0.25, 0.3) is 0 Å². The molecule has 0 aromatic carbocycles. The average Bonchev–Trinajstić information content (AvgIpc) is 2.26. The second-order valence-electron chi connectivity index (χ2n) is 5.06. The highest BCUT2D eigenvalue weighted by Gasteiger charge is 2.33. The van der Waals surface area contributed by atoms with E-state index in [-0.39, 0.29) is 0 Å². The van der Waals surface area contributed by atoms with E-state index in [1.165, 1.54) is 6.07 Å². The van der Waals surface area contributed by atoms with Gasteiger partial charge in [-0.15, -0.1) is 5.10 Å². The van der Waals surface area contributed by atoms with Crippen molar-refractivity contribution in [2.45, 2.75) is 44.7 Å². The van der Waals surface area contributed by atoms with Crippen LogP contribution in [0.2, 0.25) is 0 Å². The van der Waals surface area contributed by atoms with E-state index < -0.39 is 33.6 Å². The Morgan fingerprint density at radius 2 is 1.79 bits per heavy atom. The minimum absolute atomic E-state index is 0.311. The summed E-state index contributed by atoms with van der Waals surface area (Å²) in [5.41, 5.74) is -0.731. The third kappa shape index (κ3) is 4.54. The predicted octanol–water partition coefficient (Wildman–Crippen LogP) is 2.61. The summed E-state index contributed by atoms with van der Waals surface area (Å²) in [5.74, 6) is 0. The van der Waals surface area contributed by atoms with Gasteiger partial charge in [-0.05, 0) is 39.8 Å². The molecule has 8 heteroatoms. The first-order valence-corrected chi connectivity index (χ1v) is 6.75. The molecule has 19 heavy (non-hydrogen) atoms. The van der Waals surface area contributed by atoms with Crippen molar-refractivity contribution in [1.82, 2.24) is 14.9 Å². The summed E-state index contributed by atoms with van der Waals surface area (Å²) in [6.45, 7) is 7.05. The molecular formula is C11H16F3N3OS. The number of halogens is 3. The largest absolute Gasteiger partial charge is 0.435 e. The van der Waals surface area contributed by atoms with E-state index in [0.717, 1.165) is 6.07 Å². The summed E-state index contributed by atoms with van der Waals surface area (Å²) in [6, 6.07) is 1.64. The third-order valence-corrected chi connectivity index (χ3v) is 3.94. The van der Waals surface area contributed by atoms with Crippen molar-refractivity contribution >= 4 is 11.0 Å². The SMILES string of the molecule is C[C@@H](N[S@@](=O)C(C)(C)C)c1ccc(C(F)(F)F)nn1. The topological polar surface area (TPSA) is 54.9 Å². The minimum Gasteiger partial charge on any atom is -0.242 e. The van der Waals surface area contributed by atoms with E-state index in [4.69, 9.17) is 0 Å².